The molecule has 0 aliphatic carbocycles. The summed E-state index contributed by atoms with van der Waals surface area (Å²) in [5.41, 5.74) is 1.63. The van der Waals surface area contributed by atoms with Gasteiger partial charge >= 0.3 is 0 Å². The first-order chi connectivity index (χ1) is 14.5. The number of likely N-dealkylation sites (N-methyl/N-ethyl adjacent to an activating group) is 1. The van der Waals surface area contributed by atoms with Gasteiger partial charge in [-0.15, -0.1) is 5.10 Å². The first-order valence-corrected chi connectivity index (χ1v) is 11.4. The van der Waals surface area contributed by atoms with Crippen LogP contribution in [0.3, 0.4) is 0 Å². The Balaban J connectivity index is 1.51. The molecule has 1 atom stereocenters. The number of nitrogens with zero attached hydrogens (tertiary/aromatic N) is 5. The quantitative estimate of drug-likeness (QED) is 0.599. The van der Waals surface area contributed by atoms with Crippen LogP contribution in [0.5, 0.6) is 11.5 Å². The molecule has 1 aliphatic rings. The number of hydrogen-bond donors (Lipinski definition) is 0. The lowest BCUT2D eigenvalue weighted by atomic mass is 10.1. The van der Waals surface area contributed by atoms with Gasteiger partial charge in [-0.1, -0.05) is 11.3 Å². The van der Waals surface area contributed by atoms with Crippen LogP contribution >= 0.6 is 11.8 Å². The molecule has 1 aromatic heterocycles. The monoisotopic (exact) mass is 433 g/mol. The minimum atomic E-state index is -0.0169. The van der Waals surface area contributed by atoms with Crippen LogP contribution in [0.25, 0.3) is 0 Å². The van der Waals surface area contributed by atoms with Crippen molar-refractivity contribution in [3.8, 4) is 11.5 Å². The van der Waals surface area contributed by atoms with Crippen LogP contribution in [0.2, 0.25) is 0 Å². The van der Waals surface area contributed by atoms with Gasteiger partial charge in [0.15, 0.2) is 17.2 Å². The van der Waals surface area contributed by atoms with Crippen LogP contribution in [-0.4, -0.2) is 89.1 Å². The van der Waals surface area contributed by atoms with E-state index in [0.717, 1.165) is 49.1 Å². The van der Waals surface area contributed by atoms with Gasteiger partial charge in [0.2, 0.25) is 0 Å². The molecule has 1 aliphatic heterocycles. The summed E-state index contributed by atoms with van der Waals surface area (Å²) >= 11 is 1.88. The van der Waals surface area contributed by atoms with Crippen LogP contribution in [0, 0.1) is 0 Å². The van der Waals surface area contributed by atoms with Crippen LogP contribution in [0.4, 0.5) is 0 Å². The highest BCUT2D eigenvalue weighted by atomic mass is 32.2. The van der Waals surface area contributed by atoms with Crippen molar-refractivity contribution in [2.75, 3.05) is 52.4 Å². The van der Waals surface area contributed by atoms with E-state index in [2.05, 4.69) is 35.2 Å². The van der Waals surface area contributed by atoms with E-state index in [-0.39, 0.29) is 5.91 Å². The van der Waals surface area contributed by atoms with Crippen LogP contribution in [0.1, 0.15) is 23.0 Å². The zero-order chi connectivity index (χ0) is 21.5. The molecular weight excluding hydrogens is 402 g/mol. The van der Waals surface area contributed by atoms with Crippen molar-refractivity contribution in [2.45, 2.75) is 25.9 Å². The lowest BCUT2D eigenvalue weighted by molar-refractivity contribution is 0.0766. The van der Waals surface area contributed by atoms with Gasteiger partial charge in [0, 0.05) is 37.2 Å². The van der Waals surface area contributed by atoms with Crippen molar-refractivity contribution in [1.29, 1.82) is 0 Å². The Morgan fingerprint density at radius 1 is 1.23 bits per heavy atom. The molecule has 30 heavy (non-hydrogen) atoms. The summed E-state index contributed by atoms with van der Waals surface area (Å²) in [5, 5.41) is 8.23. The zero-order valence-electron chi connectivity index (χ0n) is 18.2. The van der Waals surface area contributed by atoms with Gasteiger partial charge < -0.3 is 19.3 Å². The van der Waals surface area contributed by atoms with E-state index in [9.17, 15) is 4.79 Å². The predicted molar refractivity (Wildman–Crippen MR) is 119 cm³/mol. The predicted octanol–water partition coefficient (Wildman–Crippen LogP) is 2.05. The SMILES string of the molecule is COc1ccc(C[C@H](C)N(C)CCn2cc(C(=O)N3CCSCC3)nn2)cc1OC. The van der Waals surface area contributed by atoms with E-state index >= 15 is 0 Å². The molecular formula is C21H31N5O3S. The second-order valence-electron chi connectivity index (χ2n) is 7.49. The highest BCUT2D eigenvalue weighted by molar-refractivity contribution is 7.99. The third-order valence-electron chi connectivity index (χ3n) is 5.47. The van der Waals surface area contributed by atoms with Crippen molar-refractivity contribution < 1.29 is 14.3 Å². The third kappa shape index (κ3) is 5.66. The number of rotatable bonds is 9. The lowest BCUT2D eigenvalue weighted by Crippen LogP contribution is -2.38. The van der Waals surface area contributed by atoms with Crippen LogP contribution < -0.4 is 9.47 Å². The maximum Gasteiger partial charge on any atom is 0.276 e. The Morgan fingerprint density at radius 3 is 2.67 bits per heavy atom. The third-order valence-corrected chi connectivity index (χ3v) is 6.41. The molecule has 2 heterocycles. The molecule has 9 heteroatoms. The molecule has 164 valence electrons. The minimum absolute atomic E-state index is 0.0169. The number of carbonyl (C=O) groups excluding carboxylic acids is 1. The summed E-state index contributed by atoms with van der Waals surface area (Å²) in [6.45, 7) is 5.26. The molecule has 8 nitrogen and oxygen atoms in total. The van der Waals surface area contributed by atoms with E-state index in [4.69, 9.17) is 9.47 Å². The van der Waals surface area contributed by atoms with Crippen LogP contribution in [0.15, 0.2) is 24.4 Å². The average Bonchev–Trinajstić information content (AvgIpc) is 3.26. The fourth-order valence-electron chi connectivity index (χ4n) is 3.42. The summed E-state index contributed by atoms with van der Waals surface area (Å²) in [6.07, 6.45) is 2.65. The zero-order valence-corrected chi connectivity index (χ0v) is 19.0. The highest BCUT2D eigenvalue weighted by Crippen LogP contribution is 2.28. The molecule has 0 bridgehead atoms. The first-order valence-electron chi connectivity index (χ1n) is 10.2. The summed E-state index contributed by atoms with van der Waals surface area (Å²) in [6, 6.07) is 6.37. The Kier molecular flexibility index (Phi) is 7.98. The molecule has 1 saturated heterocycles. The Labute approximate surface area is 182 Å². The number of methoxy groups -OCH3 is 2. The first kappa shape index (κ1) is 22.4. The average molecular weight is 434 g/mol. The molecule has 0 N–H and O–H groups in total. The van der Waals surface area contributed by atoms with Crippen molar-refractivity contribution in [3.63, 3.8) is 0 Å². The van der Waals surface area contributed by atoms with Gasteiger partial charge in [-0.25, -0.2) is 0 Å². The van der Waals surface area contributed by atoms with E-state index in [1.54, 1.807) is 25.1 Å². The number of benzene rings is 1. The lowest BCUT2D eigenvalue weighted by Gasteiger charge is -2.25. The molecule has 0 spiro atoms. The van der Waals surface area contributed by atoms with Crippen molar-refractivity contribution in [1.82, 2.24) is 24.8 Å². The molecule has 2 aromatic rings. The Morgan fingerprint density at radius 2 is 1.97 bits per heavy atom. The van der Waals surface area contributed by atoms with Gasteiger partial charge in [-0.05, 0) is 38.1 Å². The highest BCUT2D eigenvalue weighted by Gasteiger charge is 2.21. The molecule has 1 aromatic carbocycles. The van der Waals surface area contributed by atoms with Crippen LogP contribution in [-0.2, 0) is 13.0 Å². The Hall–Kier alpha value is -2.26. The smallest absolute Gasteiger partial charge is 0.276 e. The molecule has 0 saturated carbocycles. The maximum absolute atomic E-state index is 12.5. The normalized spacial score (nSPS) is 15.3. The molecule has 0 unspecified atom stereocenters. The summed E-state index contributed by atoms with van der Waals surface area (Å²) in [5.74, 6) is 3.45. The number of aromatic nitrogens is 3. The van der Waals surface area contributed by atoms with E-state index in [0.29, 0.717) is 18.3 Å². The van der Waals surface area contributed by atoms with Gasteiger partial charge in [-0.2, -0.15) is 11.8 Å². The summed E-state index contributed by atoms with van der Waals surface area (Å²) < 4.78 is 12.5. The van der Waals surface area contributed by atoms with Crippen molar-refractivity contribution in [3.05, 3.63) is 35.7 Å². The standard InChI is InChI=1S/C21H31N5O3S/c1-16(13-17-5-6-19(28-3)20(14-17)29-4)24(2)7-8-26-15-18(22-23-26)21(27)25-9-11-30-12-10-25/h5-6,14-16H,7-13H2,1-4H3/t16-/m0/s1. The molecule has 3 rings (SSSR count). The number of thioether (sulfide) groups is 1. The van der Waals surface area contributed by atoms with Gasteiger partial charge in [0.1, 0.15) is 0 Å². The second kappa shape index (κ2) is 10.7. The van der Waals surface area contributed by atoms with E-state index in [1.165, 1.54) is 5.56 Å². The molecule has 0 radical (unpaired) electrons. The number of hydrogen-bond acceptors (Lipinski definition) is 7. The maximum atomic E-state index is 12.5. The summed E-state index contributed by atoms with van der Waals surface area (Å²) in [7, 11) is 5.39. The molecule has 1 amide bonds. The fraction of sp³-hybridized carbons (Fsp3) is 0.571. The molecule has 1 fully saturated rings. The van der Waals surface area contributed by atoms with Crippen molar-refractivity contribution in [2.24, 2.45) is 0 Å². The number of ether oxygens (including phenoxy) is 2. The second-order valence-corrected chi connectivity index (χ2v) is 8.72. The number of amides is 1. The van der Waals surface area contributed by atoms with E-state index < -0.39 is 0 Å². The van der Waals surface area contributed by atoms with Crippen molar-refractivity contribution >= 4 is 17.7 Å². The van der Waals surface area contributed by atoms with E-state index in [1.807, 2.05) is 28.8 Å². The van der Waals surface area contributed by atoms with Gasteiger partial charge in [0.05, 0.1) is 27.0 Å². The van der Waals surface area contributed by atoms with Gasteiger partial charge in [-0.3, -0.25) is 9.48 Å². The van der Waals surface area contributed by atoms with Gasteiger partial charge in [0.25, 0.3) is 5.91 Å². The minimum Gasteiger partial charge on any atom is -0.493 e. The Bertz CT molecular complexity index is 838. The fourth-order valence-corrected chi connectivity index (χ4v) is 4.32. The number of carbonyl (C=O) groups is 1. The summed E-state index contributed by atoms with van der Waals surface area (Å²) in [4.78, 5) is 16.7. The largest absolute Gasteiger partial charge is 0.493 e. The topological polar surface area (TPSA) is 72.7 Å².